The van der Waals surface area contributed by atoms with Crippen molar-refractivity contribution in [2.45, 2.75) is 38.1 Å². The molecule has 0 radical (unpaired) electrons. The maximum atomic E-state index is 12.1. The molecule has 0 heterocycles. The fourth-order valence-electron chi connectivity index (χ4n) is 2.52. The molecule has 0 spiro atoms. The van der Waals surface area contributed by atoms with Gasteiger partial charge in [0.05, 0.1) is 4.92 Å². The van der Waals surface area contributed by atoms with Gasteiger partial charge in [0.2, 0.25) is 0 Å². The predicted octanol–water partition coefficient (Wildman–Crippen LogP) is 2.95. The van der Waals surface area contributed by atoms with Gasteiger partial charge in [-0.3, -0.25) is 14.9 Å². The third-order valence-electron chi connectivity index (χ3n) is 3.72. The maximum absolute atomic E-state index is 12.1. The van der Waals surface area contributed by atoms with Crippen molar-refractivity contribution in [2.75, 3.05) is 0 Å². The molecule has 1 N–H and O–H groups in total. The first-order valence-electron chi connectivity index (χ1n) is 7.27. The molecule has 0 unspecified atom stereocenters. The molecule has 1 aliphatic carbocycles. The van der Waals surface area contributed by atoms with E-state index in [1.165, 1.54) is 36.8 Å². The summed E-state index contributed by atoms with van der Waals surface area (Å²) in [6.07, 6.45) is 6.72. The van der Waals surface area contributed by atoms with Crippen molar-refractivity contribution in [3.05, 3.63) is 45.5 Å². The molecule has 1 aromatic rings. The lowest BCUT2D eigenvalue weighted by Gasteiger charge is -2.22. The SMILES string of the molecule is N#C/C(=C\c1ccc([N+](=O)[O-])cc1)C(=O)NC1CCCCC1. The highest BCUT2D eigenvalue weighted by Gasteiger charge is 2.18. The van der Waals surface area contributed by atoms with Crippen molar-refractivity contribution in [3.63, 3.8) is 0 Å². The number of rotatable bonds is 4. The number of nitrogens with zero attached hydrogens (tertiary/aromatic N) is 2. The molecule has 1 fully saturated rings. The van der Waals surface area contributed by atoms with E-state index in [0.29, 0.717) is 5.56 Å². The summed E-state index contributed by atoms with van der Waals surface area (Å²) in [5.74, 6) is -0.382. The van der Waals surface area contributed by atoms with Crippen molar-refractivity contribution in [3.8, 4) is 6.07 Å². The van der Waals surface area contributed by atoms with E-state index in [4.69, 9.17) is 5.26 Å². The summed E-state index contributed by atoms with van der Waals surface area (Å²) < 4.78 is 0. The number of hydrogen-bond donors (Lipinski definition) is 1. The van der Waals surface area contributed by atoms with Crippen LogP contribution in [0.1, 0.15) is 37.7 Å². The number of carbonyl (C=O) groups excluding carboxylic acids is 1. The summed E-state index contributed by atoms with van der Waals surface area (Å²) in [6, 6.07) is 7.76. The van der Waals surface area contributed by atoms with Crippen molar-refractivity contribution in [1.82, 2.24) is 5.32 Å². The van der Waals surface area contributed by atoms with E-state index in [9.17, 15) is 14.9 Å². The van der Waals surface area contributed by atoms with Gasteiger partial charge in [0.15, 0.2) is 0 Å². The van der Waals surface area contributed by atoms with Crippen LogP contribution in [0, 0.1) is 21.4 Å². The quantitative estimate of drug-likeness (QED) is 0.400. The van der Waals surface area contributed by atoms with Crippen molar-refractivity contribution in [2.24, 2.45) is 0 Å². The lowest BCUT2D eigenvalue weighted by atomic mass is 9.95. The standard InChI is InChI=1S/C16H17N3O3/c17-11-13(16(20)18-14-4-2-1-3-5-14)10-12-6-8-15(9-7-12)19(21)22/h6-10,14H,1-5H2,(H,18,20)/b13-10+. The largest absolute Gasteiger partial charge is 0.349 e. The molecule has 6 heteroatoms. The van der Waals surface area contributed by atoms with Crippen LogP contribution in [0.25, 0.3) is 6.08 Å². The molecule has 1 aromatic carbocycles. The van der Waals surface area contributed by atoms with E-state index < -0.39 is 4.92 Å². The van der Waals surface area contributed by atoms with E-state index in [2.05, 4.69) is 5.32 Å². The molecule has 0 atom stereocenters. The summed E-state index contributed by atoms with van der Waals surface area (Å²) >= 11 is 0. The average Bonchev–Trinajstić information content (AvgIpc) is 2.53. The summed E-state index contributed by atoms with van der Waals surface area (Å²) in [5.41, 5.74) is 0.572. The smallest absolute Gasteiger partial charge is 0.269 e. The van der Waals surface area contributed by atoms with Crippen LogP contribution in [0.4, 0.5) is 5.69 Å². The van der Waals surface area contributed by atoms with E-state index in [1.54, 1.807) is 0 Å². The Morgan fingerprint density at radius 3 is 2.45 bits per heavy atom. The monoisotopic (exact) mass is 299 g/mol. The highest BCUT2D eigenvalue weighted by atomic mass is 16.6. The number of non-ortho nitro benzene ring substituents is 1. The van der Waals surface area contributed by atoms with Gasteiger partial charge >= 0.3 is 0 Å². The predicted molar refractivity (Wildman–Crippen MR) is 81.7 cm³/mol. The summed E-state index contributed by atoms with van der Waals surface area (Å²) in [7, 11) is 0. The first-order chi connectivity index (χ1) is 10.6. The molecule has 0 saturated heterocycles. The van der Waals surface area contributed by atoms with Gasteiger partial charge in [0.1, 0.15) is 11.6 Å². The van der Waals surface area contributed by atoms with Crippen LogP contribution in [0.2, 0.25) is 0 Å². The van der Waals surface area contributed by atoms with E-state index in [-0.39, 0.29) is 23.2 Å². The molecule has 2 rings (SSSR count). The van der Waals surface area contributed by atoms with Crippen LogP contribution in [-0.2, 0) is 4.79 Å². The molecule has 6 nitrogen and oxygen atoms in total. The molecule has 114 valence electrons. The topological polar surface area (TPSA) is 96.0 Å². The molecule has 22 heavy (non-hydrogen) atoms. The van der Waals surface area contributed by atoms with Gasteiger partial charge in [-0.25, -0.2) is 0 Å². The molecular formula is C16H17N3O3. The van der Waals surface area contributed by atoms with Gasteiger partial charge in [-0.15, -0.1) is 0 Å². The molecule has 1 saturated carbocycles. The first kappa shape index (κ1) is 15.7. The Morgan fingerprint density at radius 2 is 1.91 bits per heavy atom. The fourth-order valence-corrected chi connectivity index (χ4v) is 2.52. The van der Waals surface area contributed by atoms with Crippen molar-refractivity contribution >= 4 is 17.7 Å². The Bertz CT molecular complexity index is 623. The normalized spacial score (nSPS) is 15.9. The van der Waals surface area contributed by atoms with Crippen LogP contribution < -0.4 is 5.32 Å². The van der Waals surface area contributed by atoms with E-state index in [1.807, 2.05) is 6.07 Å². The summed E-state index contributed by atoms with van der Waals surface area (Å²) in [5, 5.41) is 22.6. The Labute approximate surface area is 128 Å². The average molecular weight is 299 g/mol. The Balaban J connectivity index is 2.07. The van der Waals surface area contributed by atoms with Gasteiger partial charge in [-0.1, -0.05) is 19.3 Å². The van der Waals surface area contributed by atoms with E-state index >= 15 is 0 Å². The molecule has 1 aliphatic rings. The number of benzene rings is 1. The highest BCUT2D eigenvalue weighted by Crippen LogP contribution is 2.18. The minimum atomic E-state index is -0.492. The zero-order valence-corrected chi connectivity index (χ0v) is 12.1. The van der Waals surface area contributed by atoms with Crippen LogP contribution in [-0.4, -0.2) is 16.9 Å². The second kappa shape index (κ2) is 7.36. The first-order valence-corrected chi connectivity index (χ1v) is 7.27. The zero-order valence-electron chi connectivity index (χ0n) is 12.1. The van der Waals surface area contributed by atoms with Gasteiger partial charge in [0, 0.05) is 18.2 Å². The third kappa shape index (κ3) is 4.16. The van der Waals surface area contributed by atoms with Crippen molar-refractivity contribution in [1.29, 1.82) is 5.26 Å². The summed E-state index contributed by atoms with van der Waals surface area (Å²) in [6.45, 7) is 0. The Kier molecular flexibility index (Phi) is 5.26. The number of nitro groups is 1. The molecular weight excluding hydrogens is 282 g/mol. The maximum Gasteiger partial charge on any atom is 0.269 e. The number of nitriles is 1. The minimum absolute atomic E-state index is 0.0134. The number of hydrogen-bond acceptors (Lipinski definition) is 4. The molecule has 1 amide bonds. The van der Waals surface area contributed by atoms with Crippen LogP contribution in [0.5, 0.6) is 0 Å². The fraction of sp³-hybridized carbons (Fsp3) is 0.375. The second-order valence-corrected chi connectivity index (χ2v) is 5.33. The minimum Gasteiger partial charge on any atom is -0.349 e. The summed E-state index contributed by atoms with van der Waals surface area (Å²) in [4.78, 5) is 22.2. The number of nitrogens with one attached hydrogen (secondary N) is 1. The zero-order chi connectivity index (χ0) is 15.9. The number of carbonyl (C=O) groups is 1. The van der Waals surface area contributed by atoms with Gasteiger partial charge < -0.3 is 5.32 Å². The Morgan fingerprint density at radius 1 is 1.27 bits per heavy atom. The third-order valence-corrected chi connectivity index (χ3v) is 3.72. The lowest BCUT2D eigenvalue weighted by molar-refractivity contribution is -0.384. The number of amides is 1. The second-order valence-electron chi connectivity index (χ2n) is 5.33. The van der Waals surface area contributed by atoms with Gasteiger partial charge in [-0.05, 0) is 36.6 Å². The van der Waals surface area contributed by atoms with Crippen LogP contribution >= 0.6 is 0 Å². The number of nitro benzene ring substituents is 1. The molecule has 0 aromatic heterocycles. The highest BCUT2D eigenvalue weighted by molar-refractivity contribution is 6.01. The van der Waals surface area contributed by atoms with Crippen LogP contribution in [0.3, 0.4) is 0 Å². The van der Waals surface area contributed by atoms with Gasteiger partial charge in [-0.2, -0.15) is 5.26 Å². The van der Waals surface area contributed by atoms with Crippen LogP contribution in [0.15, 0.2) is 29.8 Å². The van der Waals surface area contributed by atoms with E-state index in [0.717, 1.165) is 25.7 Å². The molecule has 0 bridgehead atoms. The lowest BCUT2D eigenvalue weighted by Crippen LogP contribution is -2.36. The Hall–Kier alpha value is -2.68. The van der Waals surface area contributed by atoms with Crippen molar-refractivity contribution < 1.29 is 9.72 Å². The van der Waals surface area contributed by atoms with Gasteiger partial charge in [0.25, 0.3) is 11.6 Å². The molecule has 0 aliphatic heterocycles.